The maximum absolute atomic E-state index is 12.3. The molecular formula is C14H20ClNO3S. The Hall–Kier alpha value is -0.780. The smallest absolute Gasteiger partial charge is 0.214 e. The van der Waals surface area contributed by atoms with Gasteiger partial charge in [-0.3, -0.25) is 0 Å². The molecule has 0 aliphatic heterocycles. The standard InChI is InChI=1S/C14H20ClNO3S/c1-19-14-7-3-12(4-8-14)11-16(13-5-6-13)20(17,18)10-2-9-15/h3-4,7-8,13H,2,5-6,9-11H2,1H3. The number of hydrogen-bond donors (Lipinski definition) is 0. The van der Waals surface area contributed by atoms with E-state index in [-0.39, 0.29) is 11.8 Å². The van der Waals surface area contributed by atoms with Gasteiger partial charge in [0.05, 0.1) is 12.9 Å². The van der Waals surface area contributed by atoms with E-state index in [4.69, 9.17) is 16.3 Å². The van der Waals surface area contributed by atoms with Crippen molar-refractivity contribution in [2.24, 2.45) is 0 Å². The Morgan fingerprint density at radius 2 is 1.95 bits per heavy atom. The van der Waals surface area contributed by atoms with Crippen molar-refractivity contribution in [1.82, 2.24) is 4.31 Å². The van der Waals surface area contributed by atoms with Crippen LogP contribution in [0.1, 0.15) is 24.8 Å². The largest absolute Gasteiger partial charge is 0.497 e. The summed E-state index contributed by atoms with van der Waals surface area (Å²) >= 11 is 5.60. The lowest BCUT2D eigenvalue weighted by Gasteiger charge is -2.22. The quantitative estimate of drug-likeness (QED) is 0.692. The van der Waals surface area contributed by atoms with Crippen molar-refractivity contribution in [2.45, 2.75) is 31.8 Å². The van der Waals surface area contributed by atoms with Gasteiger partial charge in [-0.2, -0.15) is 4.31 Å². The van der Waals surface area contributed by atoms with E-state index < -0.39 is 10.0 Å². The van der Waals surface area contributed by atoms with Crippen LogP contribution in [-0.2, 0) is 16.6 Å². The van der Waals surface area contributed by atoms with Crippen molar-refractivity contribution < 1.29 is 13.2 Å². The van der Waals surface area contributed by atoms with Crippen molar-refractivity contribution in [1.29, 1.82) is 0 Å². The molecule has 1 aliphatic carbocycles. The molecule has 1 fully saturated rings. The van der Waals surface area contributed by atoms with Gasteiger partial charge >= 0.3 is 0 Å². The second-order valence-corrected chi connectivity index (χ2v) is 7.40. The van der Waals surface area contributed by atoms with Gasteiger partial charge in [-0.15, -0.1) is 11.6 Å². The van der Waals surface area contributed by atoms with Crippen molar-refractivity contribution >= 4 is 21.6 Å². The third-order valence-electron chi connectivity index (χ3n) is 3.34. The average molecular weight is 318 g/mol. The van der Waals surface area contributed by atoms with Crippen molar-refractivity contribution in [3.63, 3.8) is 0 Å². The summed E-state index contributed by atoms with van der Waals surface area (Å²) in [7, 11) is -1.60. The monoisotopic (exact) mass is 317 g/mol. The Bertz CT molecular complexity index is 526. The molecule has 1 aliphatic rings. The van der Waals surface area contributed by atoms with Crippen LogP contribution in [0.2, 0.25) is 0 Å². The normalized spacial score (nSPS) is 15.6. The Labute approximate surface area is 125 Å². The Morgan fingerprint density at radius 1 is 1.30 bits per heavy atom. The number of alkyl halides is 1. The molecule has 0 amide bonds. The summed E-state index contributed by atoms with van der Waals surface area (Å²) in [5.74, 6) is 1.28. The summed E-state index contributed by atoms with van der Waals surface area (Å²) in [5.41, 5.74) is 0.979. The fourth-order valence-corrected chi connectivity index (χ4v) is 4.13. The number of benzene rings is 1. The molecule has 112 valence electrons. The summed E-state index contributed by atoms with van der Waals surface area (Å²) in [6.07, 6.45) is 2.41. The number of sulfonamides is 1. The predicted octanol–water partition coefficient (Wildman–Crippen LogP) is 2.62. The number of rotatable bonds is 8. The maximum atomic E-state index is 12.3. The van der Waals surface area contributed by atoms with Crippen molar-refractivity contribution in [2.75, 3.05) is 18.7 Å². The molecule has 0 spiro atoms. The molecule has 2 rings (SSSR count). The van der Waals surface area contributed by atoms with E-state index in [0.29, 0.717) is 18.8 Å². The first-order valence-electron chi connectivity index (χ1n) is 6.75. The first-order valence-corrected chi connectivity index (χ1v) is 8.89. The van der Waals surface area contributed by atoms with Gasteiger partial charge in [0, 0.05) is 18.5 Å². The molecule has 1 aromatic rings. The van der Waals surface area contributed by atoms with Gasteiger partial charge < -0.3 is 4.74 Å². The van der Waals surface area contributed by atoms with Gasteiger partial charge in [-0.05, 0) is 37.0 Å². The van der Waals surface area contributed by atoms with Crippen LogP contribution in [0.15, 0.2) is 24.3 Å². The lowest BCUT2D eigenvalue weighted by atomic mass is 10.2. The highest BCUT2D eigenvalue weighted by molar-refractivity contribution is 7.89. The molecule has 4 nitrogen and oxygen atoms in total. The molecule has 1 aromatic carbocycles. The second kappa shape index (κ2) is 6.78. The summed E-state index contributed by atoms with van der Waals surface area (Å²) in [5, 5.41) is 0. The Morgan fingerprint density at radius 3 is 2.45 bits per heavy atom. The highest BCUT2D eigenvalue weighted by Gasteiger charge is 2.36. The SMILES string of the molecule is COc1ccc(CN(C2CC2)S(=O)(=O)CCCCl)cc1. The van der Waals surface area contributed by atoms with Gasteiger partial charge in [0.15, 0.2) is 0 Å². The minimum Gasteiger partial charge on any atom is -0.497 e. The van der Waals surface area contributed by atoms with Crippen LogP contribution in [0, 0.1) is 0 Å². The Balaban J connectivity index is 2.09. The van der Waals surface area contributed by atoms with Gasteiger partial charge in [-0.25, -0.2) is 8.42 Å². The fourth-order valence-electron chi connectivity index (χ4n) is 2.08. The number of hydrogen-bond acceptors (Lipinski definition) is 3. The van der Waals surface area contributed by atoms with E-state index in [2.05, 4.69) is 0 Å². The van der Waals surface area contributed by atoms with Gasteiger partial charge in [0.25, 0.3) is 0 Å². The van der Waals surface area contributed by atoms with E-state index in [1.165, 1.54) is 0 Å². The molecular weight excluding hydrogens is 298 g/mol. The number of methoxy groups -OCH3 is 1. The molecule has 0 bridgehead atoms. The first kappa shape index (κ1) is 15.6. The predicted molar refractivity (Wildman–Crippen MR) is 80.7 cm³/mol. The molecule has 0 saturated heterocycles. The van der Waals surface area contributed by atoms with E-state index in [9.17, 15) is 8.42 Å². The van der Waals surface area contributed by atoms with Crippen LogP contribution < -0.4 is 4.74 Å². The Kier molecular flexibility index (Phi) is 5.29. The summed E-state index contributed by atoms with van der Waals surface area (Å²) < 4.78 is 31.4. The van der Waals surface area contributed by atoms with Gasteiger partial charge in [0.2, 0.25) is 10.0 Å². The minimum atomic E-state index is -3.22. The lowest BCUT2D eigenvalue weighted by Crippen LogP contribution is -2.34. The van der Waals surface area contributed by atoms with Crippen LogP contribution in [0.25, 0.3) is 0 Å². The first-order chi connectivity index (χ1) is 9.56. The lowest BCUT2D eigenvalue weighted by molar-refractivity contribution is 0.397. The summed E-state index contributed by atoms with van der Waals surface area (Å²) in [6.45, 7) is 0.430. The minimum absolute atomic E-state index is 0.128. The van der Waals surface area contributed by atoms with Crippen LogP contribution in [0.4, 0.5) is 0 Å². The fraction of sp³-hybridized carbons (Fsp3) is 0.571. The van der Waals surface area contributed by atoms with Gasteiger partial charge in [0.1, 0.15) is 5.75 Å². The second-order valence-electron chi connectivity index (χ2n) is 4.98. The van der Waals surface area contributed by atoms with E-state index in [1.54, 1.807) is 11.4 Å². The molecule has 6 heteroatoms. The average Bonchev–Trinajstić information content (AvgIpc) is 3.27. The zero-order chi connectivity index (χ0) is 14.6. The highest BCUT2D eigenvalue weighted by atomic mass is 35.5. The van der Waals surface area contributed by atoms with Gasteiger partial charge in [-0.1, -0.05) is 12.1 Å². The molecule has 0 heterocycles. The molecule has 1 saturated carbocycles. The molecule has 20 heavy (non-hydrogen) atoms. The number of ether oxygens (including phenoxy) is 1. The topological polar surface area (TPSA) is 46.6 Å². The zero-order valence-corrected chi connectivity index (χ0v) is 13.2. The van der Waals surface area contributed by atoms with E-state index in [0.717, 1.165) is 24.2 Å². The molecule has 0 radical (unpaired) electrons. The van der Waals surface area contributed by atoms with E-state index >= 15 is 0 Å². The third-order valence-corrected chi connectivity index (χ3v) is 5.56. The molecule has 0 atom stereocenters. The van der Waals surface area contributed by atoms with Crippen molar-refractivity contribution in [3.05, 3.63) is 29.8 Å². The van der Waals surface area contributed by atoms with Crippen LogP contribution >= 0.6 is 11.6 Å². The molecule has 0 unspecified atom stereocenters. The van der Waals surface area contributed by atoms with E-state index in [1.807, 2.05) is 24.3 Å². The molecule has 0 N–H and O–H groups in total. The molecule has 0 aromatic heterocycles. The highest BCUT2D eigenvalue weighted by Crippen LogP contribution is 2.31. The number of halogens is 1. The maximum Gasteiger partial charge on any atom is 0.214 e. The number of nitrogens with zero attached hydrogens (tertiary/aromatic N) is 1. The third kappa shape index (κ3) is 4.11. The zero-order valence-electron chi connectivity index (χ0n) is 11.6. The van der Waals surface area contributed by atoms with Crippen LogP contribution in [-0.4, -0.2) is 37.5 Å². The summed E-state index contributed by atoms with van der Waals surface area (Å²) in [4.78, 5) is 0. The summed E-state index contributed by atoms with van der Waals surface area (Å²) in [6, 6.07) is 7.69. The van der Waals surface area contributed by atoms with Crippen molar-refractivity contribution in [3.8, 4) is 5.75 Å². The van der Waals surface area contributed by atoms with Crippen LogP contribution in [0.5, 0.6) is 5.75 Å². The van der Waals surface area contributed by atoms with Crippen LogP contribution in [0.3, 0.4) is 0 Å².